The van der Waals surface area contributed by atoms with E-state index in [-0.39, 0.29) is 5.19 Å². The normalized spacial score (nSPS) is 14.0. The maximum absolute atomic E-state index is 14.0. The molecular weight excluding hydrogens is 210 g/mol. The van der Waals surface area contributed by atoms with Crippen LogP contribution in [0.5, 0.6) is 0 Å². The Kier molecular flexibility index (Phi) is 3.65. The molecule has 0 aliphatic rings. The van der Waals surface area contributed by atoms with Crippen LogP contribution in [0.1, 0.15) is 31.4 Å². The first-order valence-electron chi connectivity index (χ1n) is 5.34. The van der Waals surface area contributed by atoms with E-state index in [1.54, 1.807) is 19.1 Å². The average Bonchev–Trinajstić information content (AvgIpc) is 2.15. The largest absolute Gasteiger partial charge is 0.458 e. The van der Waals surface area contributed by atoms with Crippen LogP contribution in [0.2, 0.25) is 5.54 Å². The van der Waals surface area contributed by atoms with Crippen molar-refractivity contribution in [1.29, 1.82) is 0 Å². The molecule has 0 aliphatic carbocycles. The van der Waals surface area contributed by atoms with E-state index in [1.807, 2.05) is 26.8 Å². The third kappa shape index (κ3) is 2.65. The topological polar surface area (TPSA) is 0 Å². The first-order chi connectivity index (χ1) is 6.87. The summed E-state index contributed by atoms with van der Waals surface area (Å²) in [4.78, 5) is 0. The molecule has 0 saturated heterocycles. The van der Waals surface area contributed by atoms with E-state index in [2.05, 4.69) is 0 Å². The molecule has 0 N–H and O–H groups in total. The second-order valence-corrected chi connectivity index (χ2v) is 7.12. The minimum absolute atomic E-state index is 0.286. The quantitative estimate of drug-likeness (QED) is 0.547. The monoisotopic (exact) mass is 228 g/mol. The SMILES string of the molecule is CCC(C)[Si](F)(F)c1cc(C)cc(C)c1. The van der Waals surface area contributed by atoms with Gasteiger partial charge in [-0.05, 0) is 13.8 Å². The predicted octanol–water partition coefficient (Wildman–Crippen LogP) is 3.69. The molecule has 0 heterocycles. The fourth-order valence-electron chi connectivity index (χ4n) is 1.71. The number of halogens is 2. The van der Waals surface area contributed by atoms with Crippen molar-refractivity contribution in [3.05, 3.63) is 29.3 Å². The second-order valence-electron chi connectivity index (χ2n) is 4.31. The number of aryl methyl sites for hydroxylation is 2. The molecule has 1 unspecified atom stereocenters. The average molecular weight is 228 g/mol. The van der Waals surface area contributed by atoms with Crippen LogP contribution in [0.3, 0.4) is 0 Å². The lowest BCUT2D eigenvalue weighted by atomic mass is 10.2. The third-order valence-electron chi connectivity index (χ3n) is 2.84. The maximum Gasteiger partial charge on any atom is 0.458 e. The van der Waals surface area contributed by atoms with Gasteiger partial charge in [0.15, 0.2) is 0 Å². The molecule has 1 aromatic rings. The molecule has 1 aromatic carbocycles. The van der Waals surface area contributed by atoms with E-state index in [1.165, 1.54) is 0 Å². The Labute approximate surface area is 91.7 Å². The van der Waals surface area contributed by atoms with Gasteiger partial charge in [-0.15, -0.1) is 0 Å². The van der Waals surface area contributed by atoms with Gasteiger partial charge in [0.05, 0.1) is 0 Å². The van der Waals surface area contributed by atoms with Crippen molar-refractivity contribution in [1.82, 2.24) is 0 Å². The number of hydrogen-bond donors (Lipinski definition) is 0. The van der Waals surface area contributed by atoms with E-state index in [0.717, 1.165) is 11.1 Å². The molecule has 0 aromatic heterocycles. The van der Waals surface area contributed by atoms with Crippen LogP contribution in [-0.2, 0) is 0 Å². The van der Waals surface area contributed by atoms with Crippen molar-refractivity contribution < 1.29 is 8.22 Å². The summed E-state index contributed by atoms with van der Waals surface area (Å²) < 4.78 is 28.1. The van der Waals surface area contributed by atoms with Crippen LogP contribution < -0.4 is 5.19 Å². The van der Waals surface area contributed by atoms with Crippen molar-refractivity contribution in [3.8, 4) is 0 Å². The van der Waals surface area contributed by atoms with Gasteiger partial charge >= 0.3 is 8.74 Å². The van der Waals surface area contributed by atoms with E-state index >= 15 is 0 Å². The van der Waals surface area contributed by atoms with E-state index in [4.69, 9.17) is 0 Å². The molecule has 0 radical (unpaired) electrons. The van der Waals surface area contributed by atoms with Gasteiger partial charge in [-0.25, -0.2) is 0 Å². The van der Waals surface area contributed by atoms with Crippen LogP contribution in [0, 0.1) is 13.8 Å². The molecule has 0 amide bonds. The van der Waals surface area contributed by atoms with Crippen molar-refractivity contribution in [2.75, 3.05) is 0 Å². The highest BCUT2D eigenvalue weighted by Gasteiger charge is 2.43. The lowest BCUT2D eigenvalue weighted by Crippen LogP contribution is -2.43. The Morgan fingerprint density at radius 1 is 1.13 bits per heavy atom. The zero-order valence-electron chi connectivity index (χ0n) is 9.77. The van der Waals surface area contributed by atoms with Gasteiger partial charge in [0, 0.05) is 10.7 Å². The highest BCUT2D eigenvalue weighted by Crippen LogP contribution is 2.27. The van der Waals surface area contributed by atoms with Crippen LogP contribution in [0.4, 0.5) is 8.22 Å². The zero-order valence-corrected chi connectivity index (χ0v) is 10.8. The molecule has 0 bridgehead atoms. The molecular formula is C12H18F2Si. The fraction of sp³-hybridized carbons (Fsp3) is 0.500. The van der Waals surface area contributed by atoms with Crippen LogP contribution >= 0.6 is 0 Å². The Hall–Kier alpha value is -0.703. The Bertz CT molecular complexity index is 327. The molecule has 0 saturated carbocycles. The third-order valence-corrected chi connectivity index (χ3v) is 5.54. The molecule has 0 aliphatic heterocycles. The molecule has 0 spiro atoms. The van der Waals surface area contributed by atoms with Crippen molar-refractivity contribution in [2.45, 2.75) is 39.7 Å². The summed E-state index contributed by atoms with van der Waals surface area (Å²) in [6.07, 6.45) is 0.548. The molecule has 0 fully saturated rings. The van der Waals surface area contributed by atoms with Gasteiger partial charge in [-0.2, -0.15) is 0 Å². The smallest absolute Gasteiger partial charge is 0.264 e. The van der Waals surface area contributed by atoms with Crippen LogP contribution in [0.25, 0.3) is 0 Å². The van der Waals surface area contributed by atoms with E-state index < -0.39 is 14.3 Å². The summed E-state index contributed by atoms with van der Waals surface area (Å²) in [5.41, 5.74) is 1.39. The van der Waals surface area contributed by atoms with Gasteiger partial charge in [0.2, 0.25) is 0 Å². The van der Waals surface area contributed by atoms with Gasteiger partial charge in [0.25, 0.3) is 0 Å². The highest BCUT2D eigenvalue weighted by molar-refractivity contribution is 6.81. The molecule has 15 heavy (non-hydrogen) atoms. The van der Waals surface area contributed by atoms with Gasteiger partial charge in [-0.1, -0.05) is 49.6 Å². The standard InChI is InChI=1S/C12H18F2Si/c1-5-11(4)15(13,14)12-7-9(2)6-10(3)8-12/h6-8,11H,5H2,1-4H3. The van der Waals surface area contributed by atoms with Gasteiger partial charge in [0.1, 0.15) is 0 Å². The molecule has 3 heteroatoms. The minimum atomic E-state index is -4.25. The Morgan fingerprint density at radius 3 is 2.00 bits per heavy atom. The summed E-state index contributed by atoms with van der Waals surface area (Å²) in [6, 6.07) is 5.22. The number of benzene rings is 1. The fourth-order valence-corrected chi connectivity index (χ4v) is 3.63. The van der Waals surface area contributed by atoms with E-state index in [9.17, 15) is 8.22 Å². The summed E-state index contributed by atoms with van der Waals surface area (Å²) in [5.74, 6) is 0. The van der Waals surface area contributed by atoms with Crippen molar-refractivity contribution >= 4 is 13.9 Å². The molecule has 84 valence electrons. The van der Waals surface area contributed by atoms with Crippen LogP contribution in [-0.4, -0.2) is 8.74 Å². The molecule has 0 nitrogen and oxygen atoms in total. The summed E-state index contributed by atoms with van der Waals surface area (Å²) in [5, 5.41) is 0.286. The summed E-state index contributed by atoms with van der Waals surface area (Å²) in [6.45, 7) is 7.23. The van der Waals surface area contributed by atoms with Gasteiger partial charge in [-0.3, -0.25) is 8.22 Å². The van der Waals surface area contributed by atoms with E-state index in [0.29, 0.717) is 6.42 Å². The van der Waals surface area contributed by atoms with Crippen molar-refractivity contribution in [2.24, 2.45) is 0 Å². The zero-order chi connectivity index (χ0) is 11.6. The first-order valence-corrected chi connectivity index (χ1v) is 7.17. The maximum atomic E-state index is 14.0. The Morgan fingerprint density at radius 2 is 1.60 bits per heavy atom. The lowest BCUT2D eigenvalue weighted by molar-refractivity contribution is 0.572. The van der Waals surface area contributed by atoms with Crippen LogP contribution in [0.15, 0.2) is 18.2 Å². The number of rotatable bonds is 3. The van der Waals surface area contributed by atoms with Gasteiger partial charge < -0.3 is 0 Å². The lowest BCUT2D eigenvalue weighted by Gasteiger charge is -2.20. The summed E-state index contributed by atoms with van der Waals surface area (Å²) >= 11 is 0. The highest BCUT2D eigenvalue weighted by atomic mass is 28.4. The predicted molar refractivity (Wildman–Crippen MR) is 63.2 cm³/mol. The first kappa shape index (κ1) is 12.4. The molecule has 1 rings (SSSR count). The molecule has 1 atom stereocenters. The minimum Gasteiger partial charge on any atom is -0.264 e. The summed E-state index contributed by atoms with van der Waals surface area (Å²) in [7, 11) is -4.25. The Balaban J connectivity index is 3.14. The number of hydrogen-bond acceptors (Lipinski definition) is 0. The second kappa shape index (κ2) is 4.43. The van der Waals surface area contributed by atoms with Crippen molar-refractivity contribution in [3.63, 3.8) is 0 Å².